The van der Waals surface area contributed by atoms with E-state index < -0.39 is 17.3 Å². The Morgan fingerprint density at radius 3 is 2.30 bits per heavy atom. The van der Waals surface area contributed by atoms with Crippen LogP contribution in [0.1, 0.15) is 27.0 Å². The number of anilines is 3. The van der Waals surface area contributed by atoms with E-state index in [0.29, 0.717) is 33.5 Å². The summed E-state index contributed by atoms with van der Waals surface area (Å²) in [5.41, 5.74) is 12.6. The number of hydrogen-bond acceptors (Lipinski definition) is 8. The molecular formula is C32H27FN6O4. The van der Waals surface area contributed by atoms with Crippen molar-refractivity contribution >= 4 is 40.2 Å². The van der Waals surface area contributed by atoms with Gasteiger partial charge in [-0.1, -0.05) is 54.6 Å². The molecule has 0 radical (unpaired) electrons. The lowest BCUT2D eigenvalue weighted by Gasteiger charge is -2.40. The van der Waals surface area contributed by atoms with E-state index in [-0.39, 0.29) is 35.5 Å². The number of rotatable bonds is 8. The van der Waals surface area contributed by atoms with Crippen LogP contribution in [0.25, 0.3) is 10.9 Å². The summed E-state index contributed by atoms with van der Waals surface area (Å²) in [5.74, 6) is -0.866. The maximum atomic E-state index is 16.0. The molecule has 0 saturated carbocycles. The minimum atomic E-state index is -1.80. The first kappa shape index (κ1) is 27.5. The molecule has 216 valence electrons. The van der Waals surface area contributed by atoms with Gasteiger partial charge in [-0.15, -0.1) is 0 Å². The number of aromatic nitrogens is 2. The molecule has 1 atom stereocenters. The zero-order chi connectivity index (χ0) is 30.3. The van der Waals surface area contributed by atoms with Crippen LogP contribution in [0.2, 0.25) is 0 Å². The average Bonchev–Trinajstić information content (AvgIpc) is 3.34. The Labute approximate surface area is 246 Å². The van der Waals surface area contributed by atoms with Crippen LogP contribution in [0.15, 0.2) is 84.9 Å². The Kier molecular flexibility index (Phi) is 6.77. The molecule has 4 aromatic carbocycles. The molecule has 0 bridgehead atoms. The maximum absolute atomic E-state index is 16.0. The van der Waals surface area contributed by atoms with Crippen molar-refractivity contribution in [1.82, 2.24) is 14.9 Å². The summed E-state index contributed by atoms with van der Waals surface area (Å²) in [6, 6.07) is 23.3. The van der Waals surface area contributed by atoms with Crippen LogP contribution in [0.5, 0.6) is 11.5 Å². The third-order valence-corrected chi connectivity index (χ3v) is 7.63. The number of hydrogen-bond donors (Lipinski definition) is 3. The fourth-order valence-corrected chi connectivity index (χ4v) is 5.64. The normalized spacial score (nSPS) is 13.8. The Bertz CT molecular complexity index is 1900. The number of fused-ring (bicyclic) bond motifs is 2. The van der Waals surface area contributed by atoms with Gasteiger partial charge in [0.1, 0.15) is 11.6 Å². The van der Waals surface area contributed by atoms with Crippen molar-refractivity contribution in [1.29, 1.82) is 0 Å². The third kappa shape index (κ3) is 4.42. The minimum Gasteiger partial charge on any atom is -0.493 e. The molecule has 43 heavy (non-hydrogen) atoms. The first-order chi connectivity index (χ1) is 20.8. The molecule has 1 aliphatic heterocycles. The lowest BCUT2D eigenvalue weighted by atomic mass is 9.80. The second-order valence-electron chi connectivity index (χ2n) is 9.96. The van der Waals surface area contributed by atoms with Gasteiger partial charge in [0.15, 0.2) is 17.0 Å². The second kappa shape index (κ2) is 10.6. The predicted octanol–water partition coefficient (Wildman–Crippen LogP) is 4.50. The smallest absolute Gasteiger partial charge is 0.255 e. The zero-order valence-corrected chi connectivity index (χ0v) is 23.3. The van der Waals surface area contributed by atoms with E-state index >= 15 is 4.39 Å². The molecule has 2 amide bonds. The van der Waals surface area contributed by atoms with E-state index in [1.54, 1.807) is 60.7 Å². The largest absolute Gasteiger partial charge is 0.493 e. The lowest BCUT2D eigenvalue weighted by molar-refractivity contribution is -0.127. The van der Waals surface area contributed by atoms with E-state index in [1.165, 1.54) is 31.3 Å². The van der Waals surface area contributed by atoms with Crippen LogP contribution in [-0.2, 0) is 16.9 Å². The molecule has 1 unspecified atom stereocenters. The van der Waals surface area contributed by atoms with Crippen LogP contribution < -0.4 is 26.3 Å². The molecule has 0 fully saturated rings. The Balaban J connectivity index is 1.47. The van der Waals surface area contributed by atoms with Crippen molar-refractivity contribution in [3.63, 3.8) is 0 Å². The standard InChI is InChI=1S/C32H27FN6O4/c1-42-26-15-22-25(16-27(26)43-2)37-31(35)38-28(22)36-24-13-12-20(14-23(24)33)32(30(34)41,19-9-4-3-5-10-19)39-17-18-8-6-7-11-21(18)29(39)40/h3-16H,17H2,1-2H3,(H2,34,41)(H3,35,36,37,38). The van der Waals surface area contributed by atoms with Crippen LogP contribution >= 0.6 is 0 Å². The molecule has 2 heterocycles. The van der Waals surface area contributed by atoms with Gasteiger partial charge in [0, 0.05) is 23.6 Å². The number of carbonyl (C=O) groups is 2. The summed E-state index contributed by atoms with van der Waals surface area (Å²) in [7, 11) is 3.00. The van der Waals surface area contributed by atoms with Crippen LogP contribution in [0, 0.1) is 5.82 Å². The van der Waals surface area contributed by atoms with Crippen LogP contribution in [0.4, 0.5) is 21.8 Å². The summed E-state index contributed by atoms with van der Waals surface area (Å²) in [4.78, 5) is 37.2. The highest BCUT2D eigenvalue weighted by Crippen LogP contribution is 2.43. The van der Waals surface area contributed by atoms with Gasteiger partial charge in [0.25, 0.3) is 11.8 Å². The molecular weight excluding hydrogens is 551 g/mol. The number of amides is 2. The highest BCUT2D eigenvalue weighted by molar-refractivity contribution is 6.04. The van der Waals surface area contributed by atoms with Crippen molar-refractivity contribution in [3.05, 3.63) is 113 Å². The van der Waals surface area contributed by atoms with Crippen molar-refractivity contribution in [2.24, 2.45) is 5.73 Å². The molecule has 6 rings (SSSR count). The molecule has 1 aromatic heterocycles. The van der Waals surface area contributed by atoms with Gasteiger partial charge in [-0.2, -0.15) is 4.98 Å². The third-order valence-electron chi connectivity index (χ3n) is 7.63. The maximum Gasteiger partial charge on any atom is 0.255 e. The number of primary amides is 1. The zero-order valence-electron chi connectivity index (χ0n) is 23.3. The molecule has 0 aliphatic carbocycles. The average molecular weight is 579 g/mol. The number of nitrogens with two attached hydrogens (primary N) is 2. The fraction of sp³-hybridized carbons (Fsp3) is 0.125. The summed E-state index contributed by atoms with van der Waals surface area (Å²) in [5, 5.41) is 3.49. The number of carbonyl (C=O) groups excluding carboxylic acids is 2. The monoisotopic (exact) mass is 578 g/mol. The molecule has 1 aliphatic rings. The first-order valence-corrected chi connectivity index (χ1v) is 13.3. The number of methoxy groups -OCH3 is 2. The topological polar surface area (TPSA) is 146 Å². The molecule has 0 spiro atoms. The number of nitrogen functional groups attached to an aromatic ring is 1. The predicted molar refractivity (Wildman–Crippen MR) is 159 cm³/mol. The van der Waals surface area contributed by atoms with Gasteiger partial charge in [-0.25, -0.2) is 9.37 Å². The summed E-state index contributed by atoms with van der Waals surface area (Å²) in [6.45, 7) is 0.117. The van der Waals surface area contributed by atoms with Gasteiger partial charge in [-0.05, 0) is 41.0 Å². The highest BCUT2D eigenvalue weighted by atomic mass is 19.1. The summed E-state index contributed by atoms with van der Waals surface area (Å²) in [6.07, 6.45) is 0. The van der Waals surface area contributed by atoms with Gasteiger partial charge < -0.3 is 31.2 Å². The Morgan fingerprint density at radius 1 is 0.930 bits per heavy atom. The van der Waals surface area contributed by atoms with Gasteiger partial charge in [0.05, 0.1) is 25.4 Å². The van der Waals surface area contributed by atoms with Crippen LogP contribution in [-0.4, -0.2) is 40.9 Å². The van der Waals surface area contributed by atoms with Gasteiger partial charge >= 0.3 is 0 Å². The van der Waals surface area contributed by atoms with Crippen molar-refractivity contribution in [3.8, 4) is 11.5 Å². The summed E-state index contributed by atoms with van der Waals surface area (Å²) < 4.78 is 26.8. The second-order valence-corrected chi connectivity index (χ2v) is 9.96. The highest BCUT2D eigenvalue weighted by Gasteiger charge is 2.51. The van der Waals surface area contributed by atoms with Gasteiger partial charge in [0.2, 0.25) is 5.95 Å². The van der Waals surface area contributed by atoms with Crippen molar-refractivity contribution in [2.75, 3.05) is 25.3 Å². The van der Waals surface area contributed by atoms with E-state index in [0.717, 1.165) is 5.56 Å². The number of nitrogens with zero attached hydrogens (tertiary/aromatic N) is 3. The quantitative estimate of drug-likeness (QED) is 0.244. The molecule has 5 N–H and O–H groups in total. The summed E-state index contributed by atoms with van der Waals surface area (Å²) >= 11 is 0. The van der Waals surface area contributed by atoms with E-state index in [1.807, 2.05) is 12.1 Å². The molecule has 0 saturated heterocycles. The van der Waals surface area contributed by atoms with E-state index in [2.05, 4.69) is 15.3 Å². The van der Waals surface area contributed by atoms with E-state index in [9.17, 15) is 9.59 Å². The minimum absolute atomic E-state index is 0.0387. The van der Waals surface area contributed by atoms with Crippen molar-refractivity contribution in [2.45, 2.75) is 12.1 Å². The van der Waals surface area contributed by atoms with Gasteiger partial charge in [-0.3, -0.25) is 9.59 Å². The fourth-order valence-electron chi connectivity index (χ4n) is 5.64. The van der Waals surface area contributed by atoms with E-state index in [4.69, 9.17) is 20.9 Å². The lowest BCUT2D eigenvalue weighted by Crippen LogP contribution is -2.56. The number of benzene rings is 4. The number of nitrogens with one attached hydrogen (secondary N) is 1. The Hall–Kier alpha value is -5.71. The van der Waals surface area contributed by atoms with Crippen LogP contribution in [0.3, 0.4) is 0 Å². The Morgan fingerprint density at radius 2 is 1.63 bits per heavy atom. The molecule has 5 aromatic rings. The number of halogens is 1. The first-order valence-electron chi connectivity index (χ1n) is 13.3. The molecule has 10 nitrogen and oxygen atoms in total. The number of ether oxygens (including phenoxy) is 2. The van der Waals surface area contributed by atoms with Crippen molar-refractivity contribution < 1.29 is 23.5 Å². The SMILES string of the molecule is COc1cc2nc(N)nc(Nc3ccc(C(C(N)=O)(c4ccccc4)N4Cc5ccccc5C4=O)cc3F)c2cc1OC. The molecule has 11 heteroatoms.